The maximum atomic E-state index is 8.53. The van der Waals surface area contributed by atoms with E-state index in [1.165, 1.54) is 6.20 Å². The molecule has 0 spiro atoms. The third-order valence-corrected chi connectivity index (χ3v) is 1.31. The molecule has 0 aromatic rings. The lowest BCUT2D eigenvalue weighted by Crippen LogP contribution is -1.84. The van der Waals surface area contributed by atoms with Crippen LogP contribution in [-0.4, -0.2) is 11.7 Å². The summed E-state index contributed by atoms with van der Waals surface area (Å²) in [5.74, 6) is 0. The molecule has 0 heterocycles. The van der Waals surface area contributed by atoms with Gasteiger partial charge in [-0.2, -0.15) is 0 Å². The molecule has 3 N–H and O–H groups in total. The highest BCUT2D eigenvalue weighted by atomic mass is 16.2. The molecule has 2 heteroatoms. The van der Waals surface area contributed by atoms with Gasteiger partial charge in [-0.05, 0) is 30.7 Å². The Morgan fingerprint density at radius 3 is 2.73 bits per heavy atom. The van der Waals surface area contributed by atoms with E-state index in [-0.39, 0.29) is 6.61 Å². The van der Waals surface area contributed by atoms with Gasteiger partial charge in [0.05, 0.1) is 0 Å². The minimum atomic E-state index is 0.220. The number of allylic oxidation sites excluding steroid dienone is 4. The lowest BCUT2D eigenvalue weighted by atomic mass is 10.1. The van der Waals surface area contributed by atoms with Crippen molar-refractivity contribution in [2.75, 3.05) is 6.61 Å². The second-order valence-corrected chi connectivity index (χ2v) is 2.16. The van der Waals surface area contributed by atoms with Crippen molar-refractivity contribution >= 4 is 0 Å². The Bertz CT molecular complexity index is 159. The summed E-state index contributed by atoms with van der Waals surface area (Å²) in [6, 6.07) is 0. The van der Waals surface area contributed by atoms with Crippen LogP contribution in [0.2, 0.25) is 0 Å². The molecule has 0 radical (unpaired) electrons. The molecule has 0 amide bonds. The normalized spacial score (nSPS) is 12.3. The van der Waals surface area contributed by atoms with Gasteiger partial charge in [0.25, 0.3) is 0 Å². The van der Waals surface area contributed by atoms with Crippen molar-refractivity contribution in [1.29, 1.82) is 0 Å². The number of aliphatic hydroxyl groups excluding tert-OH is 1. The number of aliphatic hydroxyl groups is 1. The van der Waals surface area contributed by atoms with Crippen LogP contribution in [0.15, 0.2) is 36.6 Å². The number of hydrogen-bond acceptors (Lipinski definition) is 2. The first-order valence-corrected chi connectivity index (χ1v) is 3.66. The SMILES string of the molecule is C=C/C(=C\C=C/N)CCCO. The molecule has 11 heavy (non-hydrogen) atoms. The first-order chi connectivity index (χ1) is 5.35. The summed E-state index contributed by atoms with van der Waals surface area (Å²) in [6.07, 6.45) is 8.52. The van der Waals surface area contributed by atoms with Crippen molar-refractivity contribution < 1.29 is 5.11 Å². The van der Waals surface area contributed by atoms with Crippen molar-refractivity contribution in [3.05, 3.63) is 36.6 Å². The molecule has 0 aromatic carbocycles. The van der Waals surface area contributed by atoms with Crippen molar-refractivity contribution in [3.63, 3.8) is 0 Å². The van der Waals surface area contributed by atoms with Crippen LogP contribution >= 0.6 is 0 Å². The van der Waals surface area contributed by atoms with Gasteiger partial charge >= 0.3 is 0 Å². The second kappa shape index (κ2) is 7.09. The summed E-state index contributed by atoms with van der Waals surface area (Å²) in [6.45, 7) is 3.86. The smallest absolute Gasteiger partial charge is 0.0434 e. The quantitative estimate of drug-likeness (QED) is 0.585. The second-order valence-electron chi connectivity index (χ2n) is 2.16. The van der Waals surface area contributed by atoms with Crippen LogP contribution in [0, 0.1) is 0 Å². The standard InChI is InChI=1S/C9H15NO/c1-2-9(5-3-7-10)6-4-8-11/h2-3,5,7,11H,1,4,6,8,10H2/b7-3-,9-5+. The lowest BCUT2D eigenvalue weighted by molar-refractivity contribution is 0.289. The summed E-state index contributed by atoms with van der Waals surface area (Å²) in [4.78, 5) is 0. The van der Waals surface area contributed by atoms with Crippen LogP contribution in [0.1, 0.15) is 12.8 Å². The Hall–Kier alpha value is -1.02. The van der Waals surface area contributed by atoms with Crippen molar-refractivity contribution in [2.24, 2.45) is 5.73 Å². The molecule has 0 atom stereocenters. The van der Waals surface area contributed by atoms with E-state index in [9.17, 15) is 0 Å². The van der Waals surface area contributed by atoms with Gasteiger partial charge < -0.3 is 10.8 Å². The molecule has 0 aliphatic rings. The molecule has 0 unspecified atom stereocenters. The molecule has 0 bridgehead atoms. The Balaban J connectivity index is 3.83. The van der Waals surface area contributed by atoms with Gasteiger partial charge in [-0.1, -0.05) is 18.7 Å². The molecule has 0 aliphatic carbocycles. The average molecular weight is 153 g/mol. The predicted octanol–water partition coefficient (Wildman–Crippen LogP) is 1.34. The molecule has 0 aliphatic heterocycles. The fourth-order valence-corrected chi connectivity index (χ4v) is 0.716. The van der Waals surface area contributed by atoms with Gasteiger partial charge in [0.1, 0.15) is 0 Å². The molecule has 0 rings (SSSR count). The lowest BCUT2D eigenvalue weighted by Gasteiger charge is -1.96. The highest BCUT2D eigenvalue weighted by Gasteiger charge is 1.88. The largest absolute Gasteiger partial charge is 0.405 e. The van der Waals surface area contributed by atoms with E-state index in [0.29, 0.717) is 0 Å². The topological polar surface area (TPSA) is 46.2 Å². The first kappa shape index (κ1) is 9.98. The van der Waals surface area contributed by atoms with E-state index >= 15 is 0 Å². The molecule has 0 aromatic heterocycles. The molecule has 2 nitrogen and oxygen atoms in total. The molecule has 0 fully saturated rings. The van der Waals surface area contributed by atoms with Gasteiger partial charge in [-0.3, -0.25) is 0 Å². The predicted molar refractivity (Wildman–Crippen MR) is 47.9 cm³/mol. The summed E-state index contributed by atoms with van der Waals surface area (Å²) in [5.41, 5.74) is 6.25. The van der Waals surface area contributed by atoms with E-state index in [4.69, 9.17) is 10.8 Å². The molecule has 0 saturated carbocycles. The summed E-state index contributed by atoms with van der Waals surface area (Å²) in [5, 5.41) is 8.53. The van der Waals surface area contributed by atoms with E-state index in [1.54, 1.807) is 12.2 Å². The fourth-order valence-electron chi connectivity index (χ4n) is 0.716. The van der Waals surface area contributed by atoms with Crippen molar-refractivity contribution in [2.45, 2.75) is 12.8 Å². The van der Waals surface area contributed by atoms with E-state index in [2.05, 4.69) is 6.58 Å². The zero-order valence-electron chi connectivity index (χ0n) is 6.66. The van der Waals surface area contributed by atoms with Gasteiger partial charge in [-0.15, -0.1) is 0 Å². The number of hydrogen-bond donors (Lipinski definition) is 2. The maximum absolute atomic E-state index is 8.53. The highest BCUT2D eigenvalue weighted by Crippen LogP contribution is 2.05. The van der Waals surface area contributed by atoms with Gasteiger partial charge in [-0.25, -0.2) is 0 Å². The minimum Gasteiger partial charge on any atom is -0.405 e. The van der Waals surface area contributed by atoms with Gasteiger partial charge in [0.15, 0.2) is 0 Å². The third kappa shape index (κ3) is 5.43. The van der Waals surface area contributed by atoms with Crippen molar-refractivity contribution in [1.82, 2.24) is 0 Å². The molecule has 62 valence electrons. The van der Waals surface area contributed by atoms with Gasteiger partial charge in [0.2, 0.25) is 0 Å². The Morgan fingerprint density at radius 2 is 2.27 bits per heavy atom. The average Bonchev–Trinajstić information content (AvgIpc) is 2.05. The number of nitrogens with two attached hydrogens (primary N) is 1. The van der Waals surface area contributed by atoms with Crippen LogP contribution < -0.4 is 5.73 Å². The summed E-state index contributed by atoms with van der Waals surface area (Å²) in [7, 11) is 0. The zero-order valence-corrected chi connectivity index (χ0v) is 6.66. The van der Waals surface area contributed by atoms with Crippen LogP contribution in [0.4, 0.5) is 0 Å². The Labute approximate surface area is 67.7 Å². The van der Waals surface area contributed by atoms with Crippen LogP contribution in [0.25, 0.3) is 0 Å². The number of rotatable bonds is 5. The Morgan fingerprint density at radius 1 is 1.55 bits per heavy atom. The van der Waals surface area contributed by atoms with Crippen LogP contribution in [-0.2, 0) is 0 Å². The van der Waals surface area contributed by atoms with E-state index in [1.807, 2.05) is 6.08 Å². The Kier molecular flexibility index (Phi) is 6.43. The summed E-state index contributed by atoms with van der Waals surface area (Å²) >= 11 is 0. The first-order valence-electron chi connectivity index (χ1n) is 3.66. The van der Waals surface area contributed by atoms with Crippen LogP contribution in [0.3, 0.4) is 0 Å². The minimum absolute atomic E-state index is 0.220. The summed E-state index contributed by atoms with van der Waals surface area (Å²) < 4.78 is 0. The fraction of sp³-hybridized carbons (Fsp3) is 0.333. The van der Waals surface area contributed by atoms with Crippen LogP contribution in [0.5, 0.6) is 0 Å². The molecular weight excluding hydrogens is 138 g/mol. The monoisotopic (exact) mass is 153 g/mol. The zero-order chi connectivity index (χ0) is 8.53. The van der Waals surface area contributed by atoms with Crippen molar-refractivity contribution in [3.8, 4) is 0 Å². The van der Waals surface area contributed by atoms with E-state index < -0.39 is 0 Å². The van der Waals surface area contributed by atoms with Gasteiger partial charge in [0, 0.05) is 6.61 Å². The maximum Gasteiger partial charge on any atom is 0.0434 e. The molecular formula is C9H15NO. The highest BCUT2D eigenvalue weighted by molar-refractivity contribution is 5.21. The van der Waals surface area contributed by atoms with E-state index in [0.717, 1.165) is 18.4 Å². The molecule has 0 saturated heterocycles. The third-order valence-electron chi connectivity index (χ3n) is 1.31.